The summed E-state index contributed by atoms with van der Waals surface area (Å²) >= 11 is 3.53. The summed E-state index contributed by atoms with van der Waals surface area (Å²) in [4.78, 5) is 11.4. The molecule has 0 radical (unpaired) electrons. The third-order valence-electron chi connectivity index (χ3n) is 3.60. The summed E-state index contributed by atoms with van der Waals surface area (Å²) in [6, 6.07) is 10.4. The molecule has 2 N–H and O–H groups in total. The highest BCUT2D eigenvalue weighted by atomic mass is 79.9. The number of nitrogens with one attached hydrogen (secondary N) is 2. The topological polar surface area (TPSA) is 44.5 Å². The molecule has 0 aliphatic heterocycles. The first kappa shape index (κ1) is 11.1. The van der Waals surface area contributed by atoms with Crippen LogP contribution in [0.2, 0.25) is 0 Å². The second-order valence-electron chi connectivity index (χ2n) is 4.80. The molecule has 2 aromatic heterocycles. The number of nitrogens with zero attached hydrogens (tertiary/aromatic N) is 1. The van der Waals surface area contributed by atoms with E-state index in [0.717, 1.165) is 34.5 Å². The van der Waals surface area contributed by atoms with Crippen LogP contribution >= 0.6 is 15.9 Å². The molecule has 1 aliphatic carbocycles. The highest BCUT2D eigenvalue weighted by molar-refractivity contribution is 9.10. The van der Waals surface area contributed by atoms with Crippen LogP contribution in [0.25, 0.3) is 22.8 Å². The van der Waals surface area contributed by atoms with Gasteiger partial charge in [-0.3, -0.25) is 0 Å². The lowest BCUT2D eigenvalue weighted by atomic mass is 9.92. The van der Waals surface area contributed by atoms with Crippen molar-refractivity contribution >= 4 is 15.9 Å². The van der Waals surface area contributed by atoms with Crippen LogP contribution < -0.4 is 0 Å². The quantitative estimate of drug-likeness (QED) is 0.702. The standard InChI is InChI=1S/C15H12BrN3/c16-10-4-5-11-9(8-10)3-6-12-14(11)19-15(18-12)13-2-1-7-17-13/h1-2,4-5,7-8,17H,3,6H2,(H,18,19). The monoisotopic (exact) mass is 313 g/mol. The van der Waals surface area contributed by atoms with Crippen LogP contribution in [0.3, 0.4) is 0 Å². The summed E-state index contributed by atoms with van der Waals surface area (Å²) in [7, 11) is 0. The summed E-state index contributed by atoms with van der Waals surface area (Å²) in [5, 5.41) is 0. The number of aromatic nitrogens is 3. The number of hydrogen-bond donors (Lipinski definition) is 2. The van der Waals surface area contributed by atoms with E-state index >= 15 is 0 Å². The van der Waals surface area contributed by atoms with E-state index in [-0.39, 0.29) is 0 Å². The van der Waals surface area contributed by atoms with Crippen molar-refractivity contribution in [2.45, 2.75) is 12.8 Å². The van der Waals surface area contributed by atoms with Gasteiger partial charge in [0.05, 0.1) is 11.4 Å². The van der Waals surface area contributed by atoms with Crippen molar-refractivity contribution in [1.29, 1.82) is 0 Å². The molecule has 3 nitrogen and oxygen atoms in total. The van der Waals surface area contributed by atoms with Gasteiger partial charge in [-0.1, -0.05) is 22.0 Å². The number of H-pyrrole nitrogens is 2. The lowest BCUT2D eigenvalue weighted by Crippen LogP contribution is -2.03. The predicted octanol–water partition coefficient (Wildman–Crippen LogP) is 3.93. The van der Waals surface area contributed by atoms with Crippen LogP contribution in [-0.2, 0) is 12.8 Å². The average Bonchev–Trinajstić information content (AvgIpc) is 3.06. The summed E-state index contributed by atoms with van der Waals surface area (Å²) in [5.41, 5.74) is 5.98. The van der Waals surface area contributed by atoms with Crippen LogP contribution in [0.15, 0.2) is 41.0 Å². The molecule has 1 aromatic carbocycles. The van der Waals surface area contributed by atoms with Crippen molar-refractivity contribution in [2.75, 3.05) is 0 Å². The SMILES string of the molecule is Brc1ccc2c(c1)CCc1[nH]c(-c3ccc[nH]3)nc1-2. The van der Waals surface area contributed by atoms with E-state index in [1.165, 1.54) is 16.8 Å². The Morgan fingerprint density at radius 3 is 2.95 bits per heavy atom. The third-order valence-corrected chi connectivity index (χ3v) is 4.09. The number of aryl methyl sites for hydroxylation is 2. The lowest BCUT2D eigenvalue weighted by molar-refractivity contribution is 0.908. The largest absolute Gasteiger partial charge is 0.359 e. The average molecular weight is 314 g/mol. The molecule has 4 heteroatoms. The van der Waals surface area contributed by atoms with Crippen molar-refractivity contribution in [2.24, 2.45) is 0 Å². The molecule has 94 valence electrons. The number of hydrogen-bond acceptors (Lipinski definition) is 1. The molecule has 0 saturated heterocycles. The van der Waals surface area contributed by atoms with Crippen LogP contribution in [-0.4, -0.2) is 15.0 Å². The minimum atomic E-state index is 0.922. The number of fused-ring (bicyclic) bond motifs is 3. The molecule has 0 amide bonds. The summed E-state index contributed by atoms with van der Waals surface area (Å²) in [6.07, 6.45) is 4.00. The molecule has 0 atom stereocenters. The van der Waals surface area contributed by atoms with Crippen molar-refractivity contribution in [3.05, 3.63) is 52.3 Å². The molecule has 0 saturated carbocycles. The summed E-state index contributed by atoms with van der Waals surface area (Å²) in [5.74, 6) is 0.922. The summed E-state index contributed by atoms with van der Waals surface area (Å²) in [6.45, 7) is 0. The fraction of sp³-hybridized carbons (Fsp3) is 0.133. The predicted molar refractivity (Wildman–Crippen MR) is 78.9 cm³/mol. The molecule has 0 unspecified atom stereocenters. The van der Waals surface area contributed by atoms with Gasteiger partial charge in [0.15, 0.2) is 5.82 Å². The van der Waals surface area contributed by atoms with E-state index in [1.54, 1.807) is 0 Å². The van der Waals surface area contributed by atoms with Gasteiger partial charge in [-0.05, 0) is 42.7 Å². The Labute approximate surface area is 119 Å². The number of aromatic amines is 2. The molecule has 3 aromatic rings. The normalized spacial score (nSPS) is 13.1. The zero-order valence-electron chi connectivity index (χ0n) is 10.2. The number of benzene rings is 1. The molecule has 2 heterocycles. The second-order valence-corrected chi connectivity index (χ2v) is 5.71. The van der Waals surface area contributed by atoms with Crippen LogP contribution in [0.1, 0.15) is 11.3 Å². The highest BCUT2D eigenvalue weighted by Crippen LogP contribution is 2.34. The van der Waals surface area contributed by atoms with Crippen molar-refractivity contribution in [3.63, 3.8) is 0 Å². The Balaban J connectivity index is 1.88. The smallest absolute Gasteiger partial charge is 0.154 e. The van der Waals surface area contributed by atoms with E-state index in [9.17, 15) is 0 Å². The van der Waals surface area contributed by atoms with E-state index in [2.05, 4.69) is 44.1 Å². The van der Waals surface area contributed by atoms with Gasteiger partial charge in [0, 0.05) is 21.9 Å². The number of imidazole rings is 1. The van der Waals surface area contributed by atoms with Crippen LogP contribution in [0.4, 0.5) is 0 Å². The van der Waals surface area contributed by atoms with E-state index in [4.69, 9.17) is 4.98 Å². The minimum Gasteiger partial charge on any atom is -0.359 e. The molecule has 0 bridgehead atoms. The Kier molecular flexibility index (Phi) is 2.38. The van der Waals surface area contributed by atoms with Crippen molar-refractivity contribution in [1.82, 2.24) is 15.0 Å². The zero-order chi connectivity index (χ0) is 12.8. The van der Waals surface area contributed by atoms with Crippen LogP contribution in [0.5, 0.6) is 0 Å². The van der Waals surface area contributed by atoms with E-state index in [0.29, 0.717) is 0 Å². The molecule has 0 spiro atoms. The minimum absolute atomic E-state index is 0.922. The molecule has 0 fully saturated rings. The fourth-order valence-corrected chi connectivity index (χ4v) is 3.09. The first-order valence-corrected chi connectivity index (χ1v) is 7.12. The Hall–Kier alpha value is -1.81. The number of halogens is 1. The molecule has 19 heavy (non-hydrogen) atoms. The van der Waals surface area contributed by atoms with Gasteiger partial charge in [0.1, 0.15) is 0 Å². The number of rotatable bonds is 1. The third kappa shape index (κ3) is 1.75. The van der Waals surface area contributed by atoms with Crippen molar-refractivity contribution < 1.29 is 0 Å². The first-order chi connectivity index (χ1) is 9.31. The van der Waals surface area contributed by atoms with E-state index in [1.807, 2.05) is 18.3 Å². The Bertz CT molecular complexity index is 741. The van der Waals surface area contributed by atoms with Gasteiger partial charge < -0.3 is 9.97 Å². The first-order valence-electron chi connectivity index (χ1n) is 6.33. The van der Waals surface area contributed by atoms with Gasteiger partial charge in [0.2, 0.25) is 0 Å². The molecule has 4 rings (SSSR count). The van der Waals surface area contributed by atoms with Gasteiger partial charge in [-0.15, -0.1) is 0 Å². The lowest BCUT2D eigenvalue weighted by Gasteiger charge is -2.14. The Morgan fingerprint density at radius 1 is 1.16 bits per heavy atom. The summed E-state index contributed by atoms with van der Waals surface area (Å²) < 4.78 is 1.13. The molecular weight excluding hydrogens is 302 g/mol. The fourth-order valence-electron chi connectivity index (χ4n) is 2.68. The second kappa shape index (κ2) is 4.10. The maximum absolute atomic E-state index is 4.76. The molecular formula is C15H12BrN3. The van der Waals surface area contributed by atoms with E-state index < -0.39 is 0 Å². The maximum Gasteiger partial charge on any atom is 0.154 e. The van der Waals surface area contributed by atoms with Gasteiger partial charge in [-0.2, -0.15) is 0 Å². The Morgan fingerprint density at radius 2 is 2.11 bits per heavy atom. The van der Waals surface area contributed by atoms with Gasteiger partial charge in [0.25, 0.3) is 0 Å². The van der Waals surface area contributed by atoms with Crippen LogP contribution in [0, 0.1) is 0 Å². The van der Waals surface area contributed by atoms with Gasteiger partial charge >= 0.3 is 0 Å². The van der Waals surface area contributed by atoms with Crippen molar-refractivity contribution in [3.8, 4) is 22.8 Å². The molecule has 1 aliphatic rings. The maximum atomic E-state index is 4.76. The highest BCUT2D eigenvalue weighted by Gasteiger charge is 2.21. The van der Waals surface area contributed by atoms with Gasteiger partial charge in [-0.25, -0.2) is 4.98 Å². The zero-order valence-corrected chi connectivity index (χ0v) is 11.8.